The Hall–Kier alpha value is -3.09. The van der Waals surface area contributed by atoms with Crippen LogP contribution in [0.25, 0.3) is 0 Å². The fourth-order valence-corrected chi connectivity index (χ4v) is 4.93. The molecule has 4 rings (SSSR count). The van der Waals surface area contributed by atoms with Gasteiger partial charge in [0.25, 0.3) is 5.91 Å². The molecule has 2 aliphatic carbocycles. The first kappa shape index (κ1) is 21.2. The Morgan fingerprint density at radius 1 is 1.00 bits per heavy atom. The molecule has 0 fully saturated rings. The van der Waals surface area contributed by atoms with Crippen molar-refractivity contribution in [2.45, 2.75) is 51.4 Å². The van der Waals surface area contributed by atoms with Gasteiger partial charge in [-0.2, -0.15) is 0 Å². The van der Waals surface area contributed by atoms with E-state index in [1.165, 1.54) is 0 Å². The van der Waals surface area contributed by atoms with Crippen molar-refractivity contribution in [1.29, 1.82) is 0 Å². The normalized spacial score (nSPS) is 19.4. The highest BCUT2D eigenvalue weighted by Gasteiger charge is 2.42. The molecule has 0 bridgehead atoms. The lowest BCUT2D eigenvalue weighted by molar-refractivity contribution is -0.120. The van der Waals surface area contributed by atoms with Crippen LogP contribution in [0, 0.1) is 0 Å². The van der Waals surface area contributed by atoms with Crippen LogP contribution in [0.4, 0.5) is 0 Å². The Kier molecular flexibility index (Phi) is 5.85. The Morgan fingerprint density at radius 2 is 1.61 bits per heavy atom. The standard InChI is InChI=1S/C24H28N2O5/c1-3-30-20-12-14(10-11-19(20)31-13-21(25)29)22-23-15(6-4-8-17(23)27)26(2)16-7-5-9-18(28)24(16)22/h10-12,22H,3-9,13H2,1-2H3,(H2,25,29). The number of Topliss-reactive ketones (excluding diaryl/α,β-unsaturated/α-hetero) is 2. The predicted octanol–water partition coefficient (Wildman–Crippen LogP) is 2.99. The van der Waals surface area contributed by atoms with Crippen molar-refractivity contribution >= 4 is 17.5 Å². The van der Waals surface area contributed by atoms with E-state index in [1.54, 1.807) is 6.07 Å². The monoisotopic (exact) mass is 424 g/mol. The van der Waals surface area contributed by atoms with Crippen LogP contribution in [-0.2, 0) is 14.4 Å². The topological polar surface area (TPSA) is 98.9 Å². The molecule has 1 aliphatic heterocycles. The average molecular weight is 424 g/mol. The van der Waals surface area contributed by atoms with Gasteiger partial charge in [-0.3, -0.25) is 14.4 Å². The molecule has 1 heterocycles. The number of nitrogens with zero attached hydrogens (tertiary/aromatic N) is 1. The van der Waals surface area contributed by atoms with Gasteiger partial charge in [0.15, 0.2) is 29.7 Å². The van der Waals surface area contributed by atoms with Crippen LogP contribution in [0.2, 0.25) is 0 Å². The Morgan fingerprint density at radius 3 is 2.16 bits per heavy atom. The average Bonchev–Trinajstić information content (AvgIpc) is 2.74. The van der Waals surface area contributed by atoms with Crippen molar-refractivity contribution in [3.05, 3.63) is 46.3 Å². The summed E-state index contributed by atoms with van der Waals surface area (Å²) in [4.78, 5) is 39.4. The number of nitrogens with two attached hydrogens (primary N) is 1. The van der Waals surface area contributed by atoms with Gasteiger partial charge in [0.2, 0.25) is 0 Å². The zero-order valence-electron chi connectivity index (χ0n) is 18.0. The van der Waals surface area contributed by atoms with E-state index in [9.17, 15) is 14.4 Å². The first-order valence-corrected chi connectivity index (χ1v) is 10.9. The zero-order valence-corrected chi connectivity index (χ0v) is 18.0. The van der Waals surface area contributed by atoms with Crippen molar-refractivity contribution in [3.8, 4) is 11.5 Å². The molecule has 0 saturated carbocycles. The van der Waals surface area contributed by atoms with E-state index in [2.05, 4.69) is 4.90 Å². The van der Waals surface area contributed by atoms with Gasteiger partial charge in [0.1, 0.15) is 0 Å². The molecule has 1 aromatic rings. The molecule has 1 aromatic carbocycles. The van der Waals surface area contributed by atoms with Crippen LogP contribution in [0.1, 0.15) is 56.9 Å². The molecule has 0 spiro atoms. The number of amides is 1. The van der Waals surface area contributed by atoms with Crippen molar-refractivity contribution in [3.63, 3.8) is 0 Å². The van der Waals surface area contributed by atoms with Gasteiger partial charge in [-0.05, 0) is 50.3 Å². The summed E-state index contributed by atoms with van der Waals surface area (Å²) in [6.45, 7) is 2.01. The van der Waals surface area contributed by atoms with Crippen molar-refractivity contribution in [1.82, 2.24) is 4.90 Å². The first-order valence-electron chi connectivity index (χ1n) is 10.9. The minimum atomic E-state index is -0.577. The molecular weight excluding hydrogens is 396 g/mol. The maximum absolute atomic E-state index is 13.1. The summed E-state index contributed by atoms with van der Waals surface area (Å²) >= 11 is 0. The molecule has 0 aromatic heterocycles. The Bertz CT molecular complexity index is 963. The van der Waals surface area contributed by atoms with Crippen LogP contribution in [0.15, 0.2) is 40.7 Å². The zero-order chi connectivity index (χ0) is 22.1. The van der Waals surface area contributed by atoms with E-state index in [1.807, 2.05) is 26.1 Å². The van der Waals surface area contributed by atoms with E-state index in [4.69, 9.17) is 15.2 Å². The van der Waals surface area contributed by atoms with Crippen molar-refractivity contribution < 1.29 is 23.9 Å². The molecular formula is C24H28N2O5. The summed E-state index contributed by atoms with van der Waals surface area (Å²) < 4.78 is 11.3. The highest BCUT2D eigenvalue weighted by atomic mass is 16.5. The largest absolute Gasteiger partial charge is 0.490 e. The number of allylic oxidation sites excluding steroid dienone is 4. The van der Waals surface area contributed by atoms with E-state index in [0.29, 0.717) is 30.9 Å². The lowest BCUT2D eigenvalue weighted by atomic mass is 9.71. The number of carbonyl (C=O) groups excluding carboxylic acids is 3. The van der Waals surface area contributed by atoms with Crippen LogP contribution < -0.4 is 15.2 Å². The number of primary amides is 1. The number of hydrogen-bond donors (Lipinski definition) is 1. The second-order valence-electron chi connectivity index (χ2n) is 8.16. The van der Waals surface area contributed by atoms with E-state index in [0.717, 1.165) is 53.8 Å². The second-order valence-corrected chi connectivity index (χ2v) is 8.16. The van der Waals surface area contributed by atoms with Crippen LogP contribution >= 0.6 is 0 Å². The summed E-state index contributed by atoms with van der Waals surface area (Å²) in [5.74, 6) is 0.116. The highest BCUT2D eigenvalue weighted by Crippen LogP contribution is 2.49. The molecule has 7 nitrogen and oxygen atoms in total. The maximum Gasteiger partial charge on any atom is 0.255 e. The number of benzene rings is 1. The second kappa shape index (κ2) is 8.57. The summed E-state index contributed by atoms with van der Waals surface area (Å²) in [5.41, 5.74) is 9.56. The molecule has 0 unspecified atom stereocenters. The number of ether oxygens (including phenoxy) is 2. The van der Waals surface area contributed by atoms with Crippen LogP contribution in [0.5, 0.6) is 11.5 Å². The van der Waals surface area contributed by atoms with Crippen molar-refractivity contribution in [2.75, 3.05) is 20.3 Å². The predicted molar refractivity (Wildman–Crippen MR) is 115 cm³/mol. The third-order valence-corrected chi connectivity index (χ3v) is 6.22. The summed E-state index contributed by atoms with van der Waals surface area (Å²) in [6.07, 6.45) is 4.31. The molecule has 0 radical (unpaired) electrons. The molecule has 7 heteroatoms. The lowest BCUT2D eigenvalue weighted by Crippen LogP contribution is -2.37. The van der Waals surface area contributed by atoms with Gasteiger partial charge in [0.05, 0.1) is 6.61 Å². The molecule has 164 valence electrons. The smallest absolute Gasteiger partial charge is 0.255 e. The molecule has 3 aliphatic rings. The Labute approximate surface area is 181 Å². The van der Waals surface area contributed by atoms with Gasteiger partial charge < -0.3 is 20.1 Å². The quantitative estimate of drug-likeness (QED) is 0.754. The van der Waals surface area contributed by atoms with E-state index in [-0.39, 0.29) is 18.2 Å². The minimum Gasteiger partial charge on any atom is -0.490 e. The van der Waals surface area contributed by atoms with Crippen LogP contribution in [0.3, 0.4) is 0 Å². The fraction of sp³-hybridized carbons (Fsp3) is 0.458. The summed E-state index contributed by atoms with van der Waals surface area (Å²) in [6, 6.07) is 5.41. The lowest BCUT2D eigenvalue weighted by Gasteiger charge is -2.42. The van der Waals surface area contributed by atoms with Gasteiger partial charge in [-0.1, -0.05) is 6.07 Å². The minimum absolute atomic E-state index is 0.107. The molecule has 31 heavy (non-hydrogen) atoms. The van der Waals surface area contributed by atoms with Crippen molar-refractivity contribution in [2.24, 2.45) is 5.73 Å². The van der Waals surface area contributed by atoms with E-state index < -0.39 is 11.8 Å². The van der Waals surface area contributed by atoms with Gasteiger partial charge in [-0.15, -0.1) is 0 Å². The Balaban J connectivity index is 1.84. The molecule has 1 amide bonds. The molecule has 2 N–H and O–H groups in total. The maximum atomic E-state index is 13.1. The number of carbonyl (C=O) groups is 3. The third kappa shape index (κ3) is 3.84. The number of ketones is 2. The van der Waals surface area contributed by atoms with E-state index >= 15 is 0 Å². The van der Waals surface area contributed by atoms with Gasteiger partial charge in [0, 0.05) is 48.3 Å². The first-order chi connectivity index (χ1) is 14.9. The number of rotatable bonds is 6. The summed E-state index contributed by atoms with van der Waals surface area (Å²) in [7, 11) is 1.98. The fourth-order valence-electron chi connectivity index (χ4n) is 4.93. The van der Waals surface area contributed by atoms with Crippen LogP contribution in [-0.4, -0.2) is 42.6 Å². The van der Waals surface area contributed by atoms with Gasteiger partial charge >= 0.3 is 0 Å². The summed E-state index contributed by atoms with van der Waals surface area (Å²) in [5, 5.41) is 0. The molecule has 0 atom stereocenters. The SMILES string of the molecule is CCOc1cc(C2C3=C(CCCC3=O)N(C)C3=C2C(=O)CCC3)ccc1OCC(N)=O. The highest BCUT2D eigenvalue weighted by molar-refractivity contribution is 6.06. The third-order valence-electron chi connectivity index (χ3n) is 6.22. The number of hydrogen-bond acceptors (Lipinski definition) is 6. The van der Waals surface area contributed by atoms with Gasteiger partial charge in [-0.25, -0.2) is 0 Å². The molecule has 0 saturated heterocycles.